The van der Waals surface area contributed by atoms with Crippen molar-refractivity contribution in [2.24, 2.45) is 5.92 Å². The minimum Gasteiger partial charge on any atom is -0.507 e. The zero-order valence-electron chi connectivity index (χ0n) is 34.1. The number of piperidine rings is 2. The van der Waals surface area contributed by atoms with Crippen LogP contribution in [0.4, 0.5) is 11.4 Å². The van der Waals surface area contributed by atoms with E-state index in [0.717, 1.165) is 112 Å². The third-order valence-corrected chi connectivity index (χ3v) is 13.0. The second-order valence-electron chi connectivity index (χ2n) is 16.7. The number of aromatic hydroxyl groups is 1. The number of amides is 4. The van der Waals surface area contributed by atoms with Crippen LogP contribution in [0.2, 0.25) is 0 Å². The summed E-state index contributed by atoms with van der Waals surface area (Å²) in [5.74, 6) is -0.597. The normalized spacial score (nSPS) is 20.8. The Labute approximate surface area is 348 Å². The summed E-state index contributed by atoms with van der Waals surface area (Å²) in [7, 11) is 3.62. The van der Waals surface area contributed by atoms with Gasteiger partial charge >= 0.3 is 0 Å². The Bertz CT molecular complexity index is 2460. The first kappa shape index (κ1) is 39.5. The zero-order chi connectivity index (χ0) is 41.7. The number of fused-ring (bicyclic) bond motifs is 2. The highest BCUT2D eigenvalue weighted by molar-refractivity contribution is 6.23. The van der Waals surface area contributed by atoms with Crippen molar-refractivity contribution < 1.29 is 33.4 Å². The lowest BCUT2D eigenvalue weighted by Crippen LogP contribution is -2.54. The number of nitrogens with zero attached hydrogens (tertiary/aromatic N) is 5. The van der Waals surface area contributed by atoms with Crippen molar-refractivity contribution in [1.29, 1.82) is 0 Å². The lowest BCUT2D eigenvalue weighted by Gasteiger charge is -2.38. The smallest absolute Gasteiger partial charge is 0.262 e. The molecule has 3 aromatic carbocycles. The maximum Gasteiger partial charge on any atom is 0.262 e. The fourth-order valence-electron chi connectivity index (χ4n) is 9.46. The van der Waals surface area contributed by atoms with Gasteiger partial charge in [-0.1, -0.05) is 6.08 Å². The minimum absolute atomic E-state index is 0.0939. The summed E-state index contributed by atoms with van der Waals surface area (Å²) in [5, 5.41) is 13.2. The Morgan fingerprint density at radius 1 is 0.800 bits per heavy atom. The van der Waals surface area contributed by atoms with E-state index < -0.39 is 23.8 Å². The van der Waals surface area contributed by atoms with Gasteiger partial charge in [0.15, 0.2) is 11.0 Å². The highest BCUT2D eigenvalue weighted by atomic mass is 16.5. The van der Waals surface area contributed by atoms with Gasteiger partial charge in [-0.25, -0.2) is 0 Å². The Kier molecular flexibility index (Phi) is 10.7. The van der Waals surface area contributed by atoms with E-state index in [1.165, 1.54) is 12.1 Å². The van der Waals surface area contributed by atoms with Crippen LogP contribution >= 0.6 is 0 Å². The SMILES string of the molecule is COc1cc(O)c2c(=O)cc(-c3ccc(N4CCN(CCC5CCN(c6ccc7c(c6)C(=O)N(C6CCC(=O)NC6=O)C7=O)CC5)CC4)cc3)oc2c1C1=CCN(C)CC1. The molecular formula is C46H50N6O8. The molecule has 9 rings (SSSR count). The van der Waals surface area contributed by atoms with Crippen LogP contribution in [-0.4, -0.2) is 123 Å². The Hall–Kier alpha value is -5.99. The number of phenolic OH excluding ortho intramolecular Hbond substituents is 1. The fraction of sp³-hybridized carbons (Fsp3) is 0.413. The van der Waals surface area contributed by atoms with Crippen molar-refractivity contribution in [1.82, 2.24) is 20.0 Å². The minimum atomic E-state index is -0.970. The summed E-state index contributed by atoms with van der Waals surface area (Å²) in [5.41, 5.74) is 5.21. The molecule has 0 spiro atoms. The summed E-state index contributed by atoms with van der Waals surface area (Å²) in [4.78, 5) is 74.4. The van der Waals surface area contributed by atoms with E-state index in [0.29, 0.717) is 39.7 Å². The number of ether oxygens (including phenoxy) is 1. The predicted octanol–water partition coefficient (Wildman–Crippen LogP) is 4.72. The first-order valence-corrected chi connectivity index (χ1v) is 21.0. The first-order chi connectivity index (χ1) is 29.1. The van der Waals surface area contributed by atoms with Gasteiger partial charge in [-0.2, -0.15) is 0 Å². The van der Waals surface area contributed by atoms with E-state index in [-0.39, 0.29) is 35.3 Å². The number of carbonyl (C=O) groups is 4. The fourth-order valence-corrected chi connectivity index (χ4v) is 9.46. The molecule has 3 fully saturated rings. The average molecular weight is 815 g/mol. The van der Waals surface area contributed by atoms with Gasteiger partial charge in [0.2, 0.25) is 11.8 Å². The summed E-state index contributed by atoms with van der Waals surface area (Å²) in [6, 6.07) is 15.5. The van der Waals surface area contributed by atoms with Crippen LogP contribution in [0, 0.1) is 5.92 Å². The maximum atomic E-state index is 13.4. The third kappa shape index (κ3) is 7.42. The van der Waals surface area contributed by atoms with Crippen molar-refractivity contribution in [2.75, 3.05) is 82.9 Å². The molecule has 0 saturated carbocycles. The molecule has 5 aliphatic rings. The van der Waals surface area contributed by atoms with Crippen LogP contribution in [0.5, 0.6) is 11.5 Å². The van der Waals surface area contributed by atoms with Crippen molar-refractivity contribution in [2.45, 2.75) is 44.6 Å². The van der Waals surface area contributed by atoms with Gasteiger partial charge in [-0.15, -0.1) is 0 Å². The van der Waals surface area contributed by atoms with Gasteiger partial charge in [0.1, 0.15) is 28.7 Å². The van der Waals surface area contributed by atoms with Crippen LogP contribution in [0.1, 0.15) is 64.8 Å². The maximum absolute atomic E-state index is 13.4. The van der Waals surface area contributed by atoms with Gasteiger partial charge in [0.25, 0.3) is 11.8 Å². The number of carbonyl (C=O) groups excluding carboxylic acids is 4. The highest BCUT2D eigenvalue weighted by Crippen LogP contribution is 2.41. The van der Waals surface area contributed by atoms with E-state index in [1.54, 1.807) is 19.2 Å². The van der Waals surface area contributed by atoms with Crippen LogP contribution in [0.3, 0.4) is 0 Å². The number of nitrogens with one attached hydrogen (secondary N) is 1. The molecule has 4 aromatic rings. The van der Waals surface area contributed by atoms with Gasteiger partial charge in [0, 0.05) is 87.8 Å². The zero-order valence-corrected chi connectivity index (χ0v) is 34.1. The second kappa shape index (κ2) is 16.2. The van der Waals surface area contributed by atoms with Crippen LogP contribution in [0.15, 0.2) is 69.9 Å². The standard InChI is InChI=1S/C46H50N6O8/c1-48-16-14-30(15-17-48)41-39(59-2)27-37(54)42-36(53)26-38(60-43(41)42)29-3-5-31(6-4-29)51-23-21-49(22-24-51)18-11-28-12-19-50(20-13-28)32-7-8-33-34(25-32)46(58)52(45(33)57)35-9-10-40(55)47-44(35)56/h3-8,14,25-28,35,54H,9-13,15-24H2,1-2H3,(H,47,55,56). The van der Waals surface area contributed by atoms with E-state index in [9.17, 15) is 29.1 Å². The average Bonchev–Trinajstić information content (AvgIpc) is 3.51. The summed E-state index contributed by atoms with van der Waals surface area (Å²) in [6.45, 7) is 8.17. The molecule has 1 unspecified atom stereocenters. The molecule has 6 heterocycles. The number of hydrogen-bond acceptors (Lipinski definition) is 12. The summed E-state index contributed by atoms with van der Waals surface area (Å²) in [6.07, 6.45) is 6.34. The van der Waals surface area contributed by atoms with Crippen molar-refractivity contribution in [3.05, 3.63) is 87.6 Å². The molecule has 0 bridgehead atoms. The van der Waals surface area contributed by atoms with Crippen molar-refractivity contribution in [3.8, 4) is 22.8 Å². The molecule has 1 atom stereocenters. The van der Waals surface area contributed by atoms with E-state index in [4.69, 9.17) is 9.15 Å². The van der Waals surface area contributed by atoms with E-state index >= 15 is 0 Å². The van der Waals surface area contributed by atoms with Gasteiger partial charge in [-0.05, 0) is 99.7 Å². The van der Waals surface area contributed by atoms with Crippen LogP contribution in [-0.2, 0) is 9.59 Å². The number of methoxy groups -OCH3 is 1. The molecule has 5 aliphatic heterocycles. The molecule has 60 heavy (non-hydrogen) atoms. The van der Waals surface area contributed by atoms with Gasteiger partial charge < -0.3 is 29.0 Å². The Morgan fingerprint density at radius 3 is 2.22 bits per heavy atom. The molecule has 0 radical (unpaired) electrons. The quantitative estimate of drug-likeness (QED) is 0.225. The molecule has 1 aromatic heterocycles. The van der Waals surface area contributed by atoms with Crippen molar-refractivity contribution in [3.63, 3.8) is 0 Å². The topological polar surface area (TPSA) is 156 Å². The number of benzene rings is 3. The Morgan fingerprint density at radius 2 is 1.52 bits per heavy atom. The van der Waals surface area contributed by atoms with E-state index in [2.05, 4.69) is 50.2 Å². The molecule has 4 amide bonds. The number of imide groups is 2. The number of likely N-dealkylation sites (N-methyl/N-ethyl adjacent to an activating group) is 1. The van der Waals surface area contributed by atoms with E-state index in [1.807, 2.05) is 18.2 Å². The lowest BCUT2D eigenvalue weighted by atomic mass is 9.92. The molecule has 14 heteroatoms. The monoisotopic (exact) mass is 814 g/mol. The van der Waals surface area contributed by atoms with Gasteiger partial charge in [-0.3, -0.25) is 39.1 Å². The summed E-state index contributed by atoms with van der Waals surface area (Å²) >= 11 is 0. The van der Waals surface area contributed by atoms with Crippen LogP contribution < -0.4 is 25.3 Å². The molecule has 14 nitrogen and oxygen atoms in total. The molecular weight excluding hydrogens is 765 g/mol. The highest BCUT2D eigenvalue weighted by Gasteiger charge is 2.45. The number of anilines is 2. The molecule has 3 saturated heterocycles. The third-order valence-electron chi connectivity index (χ3n) is 13.0. The predicted molar refractivity (Wildman–Crippen MR) is 228 cm³/mol. The number of hydrogen-bond donors (Lipinski definition) is 2. The summed E-state index contributed by atoms with van der Waals surface area (Å²) < 4.78 is 12.1. The van der Waals surface area contributed by atoms with Crippen molar-refractivity contribution >= 4 is 51.5 Å². The molecule has 312 valence electrons. The Balaban J connectivity index is 0.779. The number of rotatable bonds is 9. The molecule has 2 N–H and O–H groups in total. The number of piperazine rings is 1. The first-order valence-electron chi connectivity index (χ1n) is 21.0. The second-order valence-corrected chi connectivity index (χ2v) is 16.7. The number of phenols is 1. The van der Waals surface area contributed by atoms with Gasteiger partial charge in [0.05, 0.1) is 23.8 Å². The molecule has 0 aliphatic carbocycles. The lowest BCUT2D eigenvalue weighted by molar-refractivity contribution is -0.136. The van der Waals surface area contributed by atoms with Crippen LogP contribution in [0.25, 0.3) is 27.9 Å². The largest absolute Gasteiger partial charge is 0.507 e.